The highest BCUT2D eigenvalue weighted by atomic mass is 16.5. The van der Waals surface area contributed by atoms with Gasteiger partial charge >= 0.3 is 0 Å². The summed E-state index contributed by atoms with van der Waals surface area (Å²) in [6.07, 6.45) is 0.711. The van der Waals surface area contributed by atoms with Crippen LogP contribution in [0.5, 0.6) is 17.2 Å². The first-order valence-corrected chi connectivity index (χ1v) is 10.4. The van der Waals surface area contributed by atoms with Gasteiger partial charge in [-0.3, -0.25) is 9.59 Å². The molecule has 31 heavy (non-hydrogen) atoms. The van der Waals surface area contributed by atoms with E-state index in [2.05, 4.69) is 0 Å². The van der Waals surface area contributed by atoms with Crippen LogP contribution in [0.15, 0.2) is 36.4 Å². The minimum atomic E-state index is -0.0992. The van der Waals surface area contributed by atoms with Crippen LogP contribution in [0, 0.1) is 13.8 Å². The molecule has 2 aromatic rings. The highest BCUT2D eigenvalue weighted by Gasteiger charge is 2.24. The molecule has 1 aliphatic rings. The molecule has 1 aliphatic heterocycles. The van der Waals surface area contributed by atoms with Crippen molar-refractivity contribution in [2.45, 2.75) is 20.3 Å². The zero-order valence-corrected chi connectivity index (χ0v) is 18.6. The molecule has 0 atom stereocenters. The molecule has 0 saturated carbocycles. The Labute approximate surface area is 183 Å². The van der Waals surface area contributed by atoms with Crippen LogP contribution >= 0.6 is 0 Å². The number of carbonyl (C=O) groups excluding carboxylic acids is 2. The maximum Gasteiger partial charge on any atom is 0.260 e. The van der Waals surface area contributed by atoms with Crippen LogP contribution in [0.25, 0.3) is 0 Å². The molecule has 0 N–H and O–H groups in total. The van der Waals surface area contributed by atoms with Crippen LogP contribution in [0.3, 0.4) is 0 Å². The van der Waals surface area contributed by atoms with E-state index < -0.39 is 0 Å². The van der Waals surface area contributed by atoms with Crippen molar-refractivity contribution in [2.75, 3.05) is 47.0 Å². The summed E-state index contributed by atoms with van der Waals surface area (Å²) in [6, 6.07) is 10.9. The number of carbonyl (C=O) groups is 2. The Kier molecular flexibility index (Phi) is 7.39. The smallest absolute Gasteiger partial charge is 0.260 e. The van der Waals surface area contributed by atoms with Crippen molar-refractivity contribution >= 4 is 11.8 Å². The van der Waals surface area contributed by atoms with Crippen molar-refractivity contribution in [2.24, 2.45) is 0 Å². The lowest BCUT2D eigenvalue weighted by Crippen LogP contribution is -2.39. The molecule has 0 aromatic heterocycles. The summed E-state index contributed by atoms with van der Waals surface area (Å²) in [5.74, 6) is 1.65. The Bertz CT molecular complexity index is 921. The quantitative estimate of drug-likeness (QED) is 0.710. The minimum absolute atomic E-state index is 0.0104. The van der Waals surface area contributed by atoms with E-state index in [1.165, 1.54) is 5.56 Å². The standard InChI is InChI=1S/C24H30N2O5/c1-17-6-7-20(12-18(17)2)31-16-23(27)25-8-5-9-26(11-10-25)24(28)19-13-21(29-3)15-22(14-19)30-4/h6-7,12-15H,5,8-11,16H2,1-4H3. The van der Waals surface area contributed by atoms with E-state index in [1.54, 1.807) is 42.2 Å². The highest BCUT2D eigenvalue weighted by molar-refractivity contribution is 5.95. The predicted octanol–water partition coefficient (Wildman–Crippen LogP) is 3.07. The van der Waals surface area contributed by atoms with Crippen molar-refractivity contribution in [3.05, 3.63) is 53.1 Å². The Morgan fingerprint density at radius 3 is 2.10 bits per heavy atom. The number of rotatable bonds is 6. The van der Waals surface area contributed by atoms with Crippen LogP contribution < -0.4 is 14.2 Å². The number of nitrogens with zero attached hydrogens (tertiary/aromatic N) is 2. The largest absolute Gasteiger partial charge is 0.497 e. The minimum Gasteiger partial charge on any atom is -0.497 e. The fourth-order valence-electron chi connectivity index (χ4n) is 3.52. The lowest BCUT2D eigenvalue weighted by atomic mass is 10.1. The van der Waals surface area contributed by atoms with Crippen molar-refractivity contribution < 1.29 is 23.8 Å². The molecule has 0 aliphatic carbocycles. The molecule has 1 saturated heterocycles. The van der Waals surface area contributed by atoms with Crippen molar-refractivity contribution in [3.63, 3.8) is 0 Å². The van der Waals surface area contributed by atoms with E-state index in [-0.39, 0.29) is 18.4 Å². The second kappa shape index (κ2) is 10.2. The lowest BCUT2D eigenvalue weighted by molar-refractivity contribution is -0.133. The van der Waals surface area contributed by atoms with Gasteiger partial charge in [0, 0.05) is 37.8 Å². The molecule has 7 nitrogen and oxygen atoms in total. The first-order chi connectivity index (χ1) is 14.9. The van der Waals surface area contributed by atoms with Crippen LogP contribution in [0.4, 0.5) is 0 Å². The van der Waals surface area contributed by atoms with Crippen LogP contribution in [-0.4, -0.2) is 68.6 Å². The van der Waals surface area contributed by atoms with Crippen LogP contribution in [0.1, 0.15) is 27.9 Å². The molecular weight excluding hydrogens is 396 g/mol. The second-order valence-corrected chi connectivity index (χ2v) is 7.66. The second-order valence-electron chi connectivity index (χ2n) is 7.66. The third-order valence-corrected chi connectivity index (χ3v) is 5.57. The maximum atomic E-state index is 13.0. The van der Waals surface area contributed by atoms with E-state index in [0.717, 1.165) is 5.56 Å². The first-order valence-electron chi connectivity index (χ1n) is 10.4. The van der Waals surface area contributed by atoms with Gasteiger partial charge in [0.2, 0.25) is 0 Å². The van der Waals surface area contributed by atoms with E-state index in [0.29, 0.717) is 55.4 Å². The summed E-state index contributed by atoms with van der Waals surface area (Å²) in [6.45, 7) is 6.16. The number of aryl methyl sites for hydroxylation is 2. The monoisotopic (exact) mass is 426 g/mol. The van der Waals surface area contributed by atoms with Gasteiger partial charge in [0.05, 0.1) is 14.2 Å². The van der Waals surface area contributed by atoms with E-state index >= 15 is 0 Å². The number of amides is 2. The number of methoxy groups -OCH3 is 2. The summed E-state index contributed by atoms with van der Waals surface area (Å²) in [7, 11) is 3.11. The van der Waals surface area contributed by atoms with Crippen molar-refractivity contribution in [1.29, 1.82) is 0 Å². The summed E-state index contributed by atoms with van der Waals surface area (Å²) in [5, 5.41) is 0. The highest BCUT2D eigenvalue weighted by Crippen LogP contribution is 2.24. The van der Waals surface area contributed by atoms with Crippen molar-refractivity contribution in [3.8, 4) is 17.2 Å². The molecule has 166 valence electrons. The Balaban J connectivity index is 1.58. The van der Waals surface area contributed by atoms with Gasteiger partial charge in [-0.2, -0.15) is 0 Å². The lowest BCUT2D eigenvalue weighted by Gasteiger charge is -2.22. The number of benzene rings is 2. The molecule has 2 amide bonds. The topological polar surface area (TPSA) is 68.3 Å². The average molecular weight is 427 g/mol. The zero-order chi connectivity index (χ0) is 22.4. The van der Waals surface area contributed by atoms with Gasteiger partial charge in [-0.25, -0.2) is 0 Å². The van der Waals surface area contributed by atoms with E-state index in [9.17, 15) is 9.59 Å². The van der Waals surface area contributed by atoms with E-state index in [4.69, 9.17) is 14.2 Å². The number of ether oxygens (including phenoxy) is 3. The van der Waals surface area contributed by atoms with E-state index in [1.807, 2.05) is 32.0 Å². The first kappa shape index (κ1) is 22.5. The van der Waals surface area contributed by atoms with Gasteiger partial charge in [0.1, 0.15) is 17.2 Å². The molecule has 0 unspecified atom stereocenters. The SMILES string of the molecule is COc1cc(OC)cc(C(=O)N2CCCN(C(=O)COc3ccc(C)c(C)c3)CC2)c1. The maximum absolute atomic E-state index is 13.0. The Hall–Kier alpha value is -3.22. The van der Waals surface area contributed by atoms with Crippen LogP contribution in [-0.2, 0) is 4.79 Å². The molecule has 0 radical (unpaired) electrons. The molecule has 1 heterocycles. The van der Waals surface area contributed by atoms with Gasteiger partial charge in [-0.1, -0.05) is 6.07 Å². The third kappa shape index (κ3) is 5.69. The van der Waals surface area contributed by atoms with Gasteiger partial charge in [0.25, 0.3) is 11.8 Å². The molecular formula is C24H30N2O5. The molecule has 0 bridgehead atoms. The third-order valence-electron chi connectivity index (χ3n) is 5.57. The van der Waals surface area contributed by atoms with Gasteiger partial charge < -0.3 is 24.0 Å². The van der Waals surface area contributed by atoms with Crippen LogP contribution in [0.2, 0.25) is 0 Å². The number of hydrogen-bond donors (Lipinski definition) is 0. The predicted molar refractivity (Wildman–Crippen MR) is 118 cm³/mol. The fraction of sp³-hybridized carbons (Fsp3) is 0.417. The summed E-state index contributed by atoms with van der Waals surface area (Å²) < 4.78 is 16.2. The van der Waals surface area contributed by atoms with Gasteiger partial charge in [-0.15, -0.1) is 0 Å². The normalized spacial score (nSPS) is 14.1. The van der Waals surface area contributed by atoms with Crippen molar-refractivity contribution in [1.82, 2.24) is 9.80 Å². The Morgan fingerprint density at radius 2 is 1.45 bits per heavy atom. The average Bonchev–Trinajstić information content (AvgIpc) is 3.05. The molecule has 7 heteroatoms. The molecule has 3 rings (SSSR count). The van der Waals surface area contributed by atoms with Gasteiger partial charge in [-0.05, 0) is 55.7 Å². The Morgan fingerprint density at radius 1 is 0.806 bits per heavy atom. The summed E-state index contributed by atoms with van der Waals surface area (Å²) in [5.41, 5.74) is 2.82. The number of hydrogen-bond acceptors (Lipinski definition) is 5. The molecule has 2 aromatic carbocycles. The summed E-state index contributed by atoms with van der Waals surface area (Å²) in [4.78, 5) is 29.2. The zero-order valence-electron chi connectivity index (χ0n) is 18.6. The fourth-order valence-corrected chi connectivity index (χ4v) is 3.52. The van der Waals surface area contributed by atoms with Gasteiger partial charge in [0.15, 0.2) is 6.61 Å². The molecule has 1 fully saturated rings. The summed E-state index contributed by atoms with van der Waals surface area (Å²) >= 11 is 0. The molecule has 0 spiro atoms.